The van der Waals surface area contributed by atoms with Gasteiger partial charge in [0.05, 0.1) is 31.0 Å². The fourth-order valence-electron chi connectivity index (χ4n) is 4.03. The molecular formula is C27H26N2O7S. The second-order valence-corrected chi connectivity index (χ2v) is 9.37. The maximum absolute atomic E-state index is 13.3. The molecular weight excluding hydrogens is 496 g/mol. The summed E-state index contributed by atoms with van der Waals surface area (Å²) < 4.78 is 10.5. The number of aliphatic hydroxyl groups excluding tert-OH is 1. The molecule has 0 saturated carbocycles. The summed E-state index contributed by atoms with van der Waals surface area (Å²) in [5.41, 5.74) is 0.834. The lowest BCUT2D eigenvalue weighted by Gasteiger charge is -2.23. The number of aromatic hydroxyl groups is 1. The lowest BCUT2D eigenvalue weighted by Crippen LogP contribution is -2.29. The molecule has 10 heteroatoms. The van der Waals surface area contributed by atoms with Crippen LogP contribution in [-0.4, -0.2) is 46.6 Å². The Kier molecular flexibility index (Phi) is 7.58. The van der Waals surface area contributed by atoms with E-state index in [1.165, 1.54) is 19.2 Å². The van der Waals surface area contributed by atoms with Crippen molar-refractivity contribution in [3.05, 3.63) is 75.8 Å². The van der Waals surface area contributed by atoms with Crippen molar-refractivity contribution in [3.63, 3.8) is 0 Å². The Morgan fingerprint density at radius 3 is 2.62 bits per heavy atom. The molecule has 0 bridgehead atoms. The number of aromatic nitrogens is 1. The third kappa shape index (κ3) is 5.05. The Hall–Kier alpha value is -4.18. The van der Waals surface area contributed by atoms with Crippen molar-refractivity contribution in [2.75, 3.05) is 18.6 Å². The van der Waals surface area contributed by atoms with Gasteiger partial charge in [-0.25, -0.2) is 9.78 Å². The number of ether oxygens (including phenoxy) is 2. The summed E-state index contributed by atoms with van der Waals surface area (Å²) >= 11 is 0.902. The maximum atomic E-state index is 13.3. The van der Waals surface area contributed by atoms with Crippen LogP contribution in [0.25, 0.3) is 5.76 Å². The summed E-state index contributed by atoms with van der Waals surface area (Å²) in [5, 5.41) is 21.6. The number of hydrogen-bond acceptors (Lipinski definition) is 9. The van der Waals surface area contributed by atoms with Crippen molar-refractivity contribution in [3.8, 4) is 11.5 Å². The van der Waals surface area contributed by atoms with Gasteiger partial charge in [0.15, 0.2) is 5.13 Å². The van der Waals surface area contributed by atoms with Gasteiger partial charge in [-0.15, -0.1) is 0 Å². The minimum absolute atomic E-state index is 0.0834. The number of phenols is 1. The molecule has 9 nitrogen and oxygen atoms in total. The number of Topliss-reactive ketones (excluding diaryl/α,β-unsaturated/α-hetero) is 1. The van der Waals surface area contributed by atoms with E-state index in [4.69, 9.17) is 9.47 Å². The molecule has 0 spiro atoms. The molecule has 2 heterocycles. The SMILES string of the molecule is CCCCOc1cccc(/C(O)=C2\C(=O)C(=O)N(c3nc(C)c(C(=O)OC)s3)C2c2cccc(O)c2)c1. The topological polar surface area (TPSA) is 126 Å². The predicted molar refractivity (Wildman–Crippen MR) is 138 cm³/mol. The number of unbranched alkanes of at least 4 members (excludes halogenated alkanes) is 1. The number of aliphatic hydroxyl groups is 1. The Bertz CT molecular complexity index is 1390. The van der Waals surface area contributed by atoms with E-state index in [2.05, 4.69) is 4.98 Å². The summed E-state index contributed by atoms with van der Waals surface area (Å²) in [6.45, 7) is 4.14. The number of benzene rings is 2. The fraction of sp³-hybridized carbons (Fsp3) is 0.259. The molecule has 1 aliphatic rings. The highest BCUT2D eigenvalue weighted by molar-refractivity contribution is 7.17. The summed E-state index contributed by atoms with van der Waals surface area (Å²) in [6, 6.07) is 11.6. The number of carbonyl (C=O) groups is 3. The Balaban J connectivity index is 1.86. The van der Waals surface area contributed by atoms with Crippen molar-refractivity contribution >= 4 is 39.9 Å². The predicted octanol–water partition coefficient (Wildman–Crippen LogP) is 4.75. The van der Waals surface area contributed by atoms with Gasteiger partial charge in [-0.3, -0.25) is 14.5 Å². The summed E-state index contributed by atoms with van der Waals surface area (Å²) in [5.74, 6) is -2.42. The van der Waals surface area contributed by atoms with Gasteiger partial charge in [0.25, 0.3) is 5.78 Å². The average Bonchev–Trinajstić information content (AvgIpc) is 3.40. The number of ketones is 1. The number of methoxy groups -OCH3 is 1. The van der Waals surface area contributed by atoms with Crippen LogP contribution in [-0.2, 0) is 14.3 Å². The van der Waals surface area contributed by atoms with Crippen molar-refractivity contribution in [1.29, 1.82) is 0 Å². The van der Waals surface area contributed by atoms with Gasteiger partial charge >= 0.3 is 11.9 Å². The zero-order chi connectivity index (χ0) is 26.7. The van der Waals surface area contributed by atoms with Crippen LogP contribution in [0.15, 0.2) is 54.1 Å². The van der Waals surface area contributed by atoms with Gasteiger partial charge in [-0.05, 0) is 43.2 Å². The standard InChI is InChI=1S/C27H26N2O7S/c1-4-5-12-36-19-11-7-9-17(14-19)22(31)20-21(16-8-6-10-18(30)13-16)29(25(33)23(20)32)27-28-15(2)24(37-27)26(34)35-3/h6-11,13-14,21,30-31H,4-5,12H2,1-3H3/b22-20+. The monoisotopic (exact) mass is 522 g/mol. The van der Waals surface area contributed by atoms with Gasteiger partial charge in [-0.1, -0.05) is 48.9 Å². The highest BCUT2D eigenvalue weighted by Gasteiger charge is 2.48. The molecule has 1 aromatic heterocycles. The Morgan fingerprint density at radius 2 is 1.92 bits per heavy atom. The number of hydrogen-bond donors (Lipinski definition) is 2. The molecule has 1 fully saturated rings. The third-order valence-corrected chi connectivity index (χ3v) is 7.00. The summed E-state index contributed by atoms with van der Waals surface area (Å²) in [6.07, 6.45) is 1.82. The molecule has 0 radical (unpaired) electrons. The number of nitrogens with zero attached hydrogens (tertiary/aromatic N) is 2. The first-order valence-corrected chi connectivity index (χ1v) is 12.5. The van der Waals surface area contributed by atoms with Crippen LogP contribution in [0.4, 0.5) is 5.13 Å². The van der Waals surface area contributed by atoms with E-state index in [0.717, 1.165) is 29.1 Å². The van der Waals surface area contributed by atoms with Crippen LogP contribution in [0, 0.1) is 6.92 Å². The van der Waals surface area contributed by atoms with Crippen LogP contribution < -0.4 is 9.64 Å². The highest BCUT2D eigenvalue weighted by Crippen LogP contribution is 2.44. The first-order chi connectivity index (χ1) is 17.8. The molecule has 3 aromatic rings. The van der Waals surface area contributed by atoms with Crippen molar-refractivity contribution < 1.29 is 34.1 Å². The second-order valence-electron chi connectivity index (χ2n) is 8.40. The number of carbonyl (C=O) groups excluding carboxylic acids is 3. The fourth-order valence-corrected chi connectivity index (χ4v) is 5.04. The summed E-state index contributed by atoms with van der Waals surface area (Å²) in [4.78, 5) is 44.5. The quantitative estimate of drug-likeness (QED) is 0.143. The van der Waals surface area contributed by atoms with Gasteiger partial charge < -0.3 is 19.7 Å². The van der Waals surface area contributed by atoms with Gasteiger partial charge in [0, 0.05) is 5.56 Å². The Labute approximate surface area is 217 Å². The van der Waals surface area contributed by atoms with E-state index in [9.17, 15) is 24.6 Å². The van der Waals surface area contributed by atoms with Crippen LogP contribution in [0.2, 0.25) is 0 Å². The lowest BCUT2D eigenvalue weighted by molar-refractivity contribution is -0.132. The van der Waals surface area contributed by atoms with Crippen molar-refractivity contribution in [1.82, 2.24) is 4.98 Å². The van der Waals surface area contributed by atoms with Crippen LogP contribution in [0.1, 0.15) is 52.3 Å². The molecule has 1 atom stereocenters. The van der Waals surface area contributed by atoms with E-state index < -0.39 is 29.5 Å². The lowest BCUT2D eigenvalue weighted by atomic mass is 9.95. The van der Waals surface area contributed by atoms with Crippen LogP contribution in [0.5, 0.6) is 11.5 Å². The van der Waals surface area contributed by atoms with Crippen molar-refractivity contribution in [2.24, 2.45) is 0 Å². The van der Waals surface area contributed by atoms with Gasteiger partial charge in [-0.2, -0.15) is 0 Å². The van der Waals surface area contributed by atoms with E-state index in [0.29, 0.717) is 29.2 Å². The van der Waals surface area contributed by atoms with Gasteiger partial charge in [0.2, 0.25) is 0 Å². The number of esters is 1. The number of thiazole rings is 1. The molecule has 37 heavy (non-hydrogen) atoms. The summed E-state index contributed by atoms with van der Waals surface area (Å²) in [7, 11) is 1.24. The number of rotatable bonds is 8. The molecule has 192 valence electrons. The Morgan fingerprint density at radius 1 is 1.16 bits per heavy atom. The molecule has 4 rings (SSSR count). The van der Waals surface area contributed by atoms with E-state index in [1.54, 1.807) is 43.3 Å². The minimum atomic E-state index is -1.10. The number of amides is 1. The largest absolute Gasteiger partial charge is 0.508 e. The second kappa shape index (κ2) is 10.8. The maximum Gasteiger partial charge on any atom is 0.350 e. The molecule has 1 amide bonds. The average molecular weight is 523 g/mol. The van der Waals surface area contributed by atoms with Crippen LogP contribution in [0.3, 0.4) is 0 Å². The number of phenolic OH excluding ortho intramolecular Hbond substituents is 1. The number of anilines is 1. The first-order valence-electron chi connectivity index (χ1n) is 11.7. The van der Waals surface area contributed by atoms with E-state index in [1.807, 2.05) is 6.92 Å². The zero-order valence-corrected chi connectivity index (χ0v) is 21.4. The highest BCUT2D eigenvalue weighted by atomic mass is 32.1. The van der Waals surface area contributed by atoms with Gasteiger partial charge in [0.1, 0.15) is 22.1 Å². The molecule has 1 aliphatic heterocycles. The molecule has 0 aliphatic carbocycles. The third-order valence-electron chi connectivity index (χ3n) is 5.87. The first kappa shape index (κ1) is 25.9. The molecule has 1 saturated heterocycles. The molecule has 2 N–H and O–H groups in total. The minimum Gasteiger partial charge on any atom is -0.508 e. The molecule has 2 aromatic carbocycles. The zero-order valence-electron chi connectivity index (χ0n) is 20.6. The van der Waals surface area contributed by atoms with Crippen molar-refractivity contribution in [2.45, 2.75) is 32.7 Å². The van der Waals surface area contributed by atoms with E-state index in [-0.39, 0.29) is 21.3 Å². The van der Waals surface area contributed by atoms with Crippen LogP contribution >= 0.6 is 11.3 Å². The molecule has 1 unspecified atom stereocenters. The normalized spacial score (nSPS) is 16.7. The smallest absolute Gasteiger partial charge is 0.350 e. The van der Waals surface area contributed by atoms with E-state index >= 15 is 0 Å². The number of aryl methyl sites for hydroxylation is 1.